The summed E-state index contributed by atoms with van der Waals surface area (Å²) in [6, 6.07) is 28.8. The molecule has 0 atom stereocenters. The largest absolute Gasteiger partial charge is 0.493 e. The van der Waals surface area contributed by atoms with Crippen LogP contribution in [0.1, 0.15) is 59.3 Å². The highest BCUT2D eigenvalue weighted by Gasteiger charge is 2.27. The number of hydrogen-bond acceptors (Lipinski definition) is 15. The van der Waals surface area contributed by atoms with E-state index in [2.05, 4.69) is 53.1 Å². The van der Waals surface area contributed by atoms with Crippen molar-refractivity contribution < 1.29 is 65.9 Å². The highest BCUT2D eigenvalue weighted by atomic mass is 79.9. The third-order valence-corrected chi connectivity index (χ3v) is 15.9. The fourth-order valence-electron chi connectivity index (χ4n) is 10.1. The second kappa shape index (κ2) is 31.9. The number of anilines is 4. The minimum absolute atomic E-state index is 0.0214. The van der Waals surface area contributed by atoms with Crippen LogP contribution in [0.5, 0.6) is 23.0 Å². The van der Waals surface area contributed by atoms with Crippen LogP contribution < -0.4 is 40.2 Å². The first-order valence-electron chi connectivity index (χ1n) is 29.3. The maximum atomic E-state index is 14.7. The Balaban J connectivity index is 0.774. The number of carbonyl (C=O) groups excluding carboxylic acids is 4. The van der Waals surface area contributed by atoms with E-state index in [1.807, 2.05) is 65.6 Å². The minimum Gasteiger partial charge on any atom is -0.493 e. The van der Waals surface area contributed by atoms with E-state index in [1.165, 1.54) is 12.1 Å². The summed E-state index contributed by atoms with van der Waals surface area (Å²) in [5.74, 6) is 1.81. The molecule has 8 rings (SSSR count). The average Bonchev–Trinajstić information content (AvgIpc) is 1.54. The number of nitrogens with one attached hydrogen (secondary N) is 4. The first-order chi connectivity index (χ1) is 41.9. The van der Waals surface area contributed by atoms with E-state index in [4.69, 9.17) is 37.9 Å². The van der Waals surface area contributed by atoms with Gasteiger partial charge in [-0.1, -0.05) is 56.1 Å². The smallest absolute Gasteiger partial charge is 0.409 e. The number of nitrogens with zero attached hydrogens (tertiary/aromatic N) is 3. The van der Waals surface area contributed by atoms with E-state index in [9.17, 15) is 28.0 Å². The van der Waals surface area contributed by atoms with Gasteiger partial charge in [0.05, 0.1) is 38.8 Å². The Morgan fingerprint density at radius 1 is 0.552 bits per heavy atom. The van der Waals surface area contributed by atoms with Crippen molar-refractivity contribution in [3.63, 3.8) is 0 Å². The Hall–Kier alpha value is -7.50. The van der Waals surface area contributed by atoms with Crippen molar-refractivity contribution in [1.29, 1.82) is 0 Å². The van der Waals surface area contributed by atoms with Gasteiger partial charge in [-0.05, 0) is 155 Å². The predicted octanol–water partition coefficient (Wildman–Crippen LogP) is 13.8. The van der Waals surface area contributed by atoms with Gasteiger partial charge in [-0.2, -0.15) is 0 Å². The number of methoxy groups -OCH3 is 2. The van der Waals surface area contributed by atoms with Crippen LogP contribution in [-0.4, -0.2) is 151 Å². The van der Waals surface area contributed by atoms with E-state index < -0.39 is 30.0 Å². The second-order valence-electron chi connectivity index (χ2n) is 22.3. The lowest BCUT2D eigenvalue weighted by atomic mass is 9.98. The van der Waals surface area contributed by atoms with Crippen molar-refractivity contribution in [2.45, 2.75) is 64.9 Å². The minimum atomic E-state index is -0.597. The molecule has 2 saturated heterocycles. The van der Waals surface area contributed by atoms with Gasteiger partial charge in [-0.25, -0.2) is 28.0 Å². The van der Waals surface area contributed by atoms with Crippen LogP contribution in [0.3, 0.4) is 0 Å². The number of likely N-dealkylation sites (tertiary alicyclic amines) is 2. The molecule has 0 radical (unpaired) electrons. The van der Waals surface area contributed by atoms with Gasteiger partial charge in [0, 0.05) is 90.0 Å². The normalized spacial score (nSPS) is 13.9. The molecule has 0 spiro atoms. The number of carbonyl (C=O) groups is 4. The van der Waals surface area contributed by atoms with Crippen LogP contribution >= 0.6 is 31.9 Å². The summed E-state index contributed by atoms with van der Waals surface area (Å²) in [6.45, 7) is 9.81. The predicted molar refractivity (Wildman–Crippen MR) is 337 cm³/mol. The van der Waals surface area contributed by atoms with Gasteiger partial charge in [0.25, 0.3) is 0 Å². The fraction of sp³-hybridized carbons (Fsp3) is 0.438. The Morgan fingerprint density at radius 2 is 0.977 bits per heavy atom. The Labute approximate surface area is 523 Å². The van der Waals surface area contributed by atoms with Crippen LogP contribution in [0.2, 0.25) is 0 Å². The number of alkyl carbamates (subject to hydrolysis) is 2. The maximum absolute atomic E-state index is 14.7. The SMILES string of the molecule is COc1cc2c(Nc3ccc(Br)cc3F)cccc2cc1OCC1CCN(C(=O)OCCN(CCOC(=O)NCCCCNC(=O)OC(C)(C)C)CCOC(=O)N2CCC(COc3cc4cccc(Nc5ccc(Br)cc5F)c4cc3OC)CC2)CC1. The average molecular weight is 1330 g/mol. The van der Waals surface area contributed by atoms with E-state index in [1.54, 1.807) is 69.1 Å². The molecule has 6 aromatic rings. The van der Waals surface area contributed by atoms with E-state index in [-0.39, 0.29) is 62.9 Å². The summed E-state index contributed by atoms with van der Waals surface area (Å²) in [7, 11) is 3.16. The monoisotopic (exact) mass is 1330 g/mol. The molecule has 4 amide bonds. The summed E-state index contributed by atoms with van der Waals surface area (Å²) >= 11 is 6.62. The number of benzene rings is 6. The van der Waals surface area contributed by atoms with Crippen LogP contribution in [0.25, 0.3) is 21.5 Å². The lowest BCUT2D eigenvalue weighted by molar-refractivity contribution is 0.0521. The van der Waals surface area contributed by atoms with Crippen LogP contribution in [0, 0.1) is 23.5 Å². The van der Waals surface area contributed by atoms with Crippen molar-refractivity contribution in [3.8, 4) is 23.0 Å². The summed E-state index contributed by atoms with van der Waals surface area (Å²) in [5.41, 5.74) is 1.53. The van der Waals surface area contributed by atoms with Crippen molar-refractivity contribution in [2.24, 2.45) is 11.8 Å². The number of fused-ring (bicyclic) bond motifs is 2. The molecule has 6 aromatic carbocycles. The molecule has 2 aliphatic rings. The van der Waals surface area contributed by atoms with E-state index in [0.29, 0.717) is 146 Å². The number of halogens is 4. The maximum Gasteiger partial charge on any atom is 0.409 e. The summed E-state index contributed by atoms with van der Waals surface area (Å²) < 4.78 is 77.2. The van der Waals surface area contributed by atoms with Crippen LogP contribution in [0.15, 0.2) is 106 Å². The zero-order valence-corrected chi connectivity index (χ0v) is 53.0. The molecular weight excluding hydrogens is 1260 g/mol. The van der Waals surface area contributed by atoms with Gasteiger partial charge < -0.3 is 69.0 Å². The van der Waals surface area contributed by atoms with Gasteiger partial charge in [0.15, 0.2) is 23.0 Å². The molecule has 0 unspecified atom stereocenters. The lowest BCUT2D eigenvalue weighted by Crippen LogP contribution is -2.42. The molecule has 0 saturated carbocycles. The number of unbranched alkanes of at least 4 members (excludes halogenated alkanes) is 1. The Bertz CT molecular complexity index is 3120. The van der Waals surface area contributed by atoms with Crippen molar-refractivity contribution >= 4 is 101 Å². The molecule has 0 bridgehead atoms. The van der Waals surface area contributed by atoms with Crippen LogP contribution in [-0.2, 0) is 18.9 Å². The molecule has 4 N–H and O–H groups in total. The van der Waals surface area contributed by atoms with Gasteiger partial charge in [-0.3, -0.25) is 4.90 Å². The molecule has 0 aromatic heterocycles. The summed E-state index contributed by atoms with van der Waals surface area (Å²) in [5, 5.41) is 15.3. The summed E-state index contributed by atoms with van der Waals surface area (Å²) in [6.07, 6.45) is 2.04. The standard InChI is InChI=1S/C64H77Br2F2N7O12/c1-64(2,3)87-61(77)70-23-7-6-22-69-60(76)82-31-28-73(29-32-83-62(78)74-24-18-42(19-25-74)40-85-58-34-44-10-8-12-52(48(44)38-56(58)80-4)71-54-16-14-46(65)36-50(54)67)30-33-84-63(79)75-26-20-43(21-27-75)41-86-59-35-45-11-9-13-53(49(45)39-57(59)81-5)72-55-17-15-47(66)37-51(55)68/h8-17,34-39,42-43,71-72H,6-7,18-33,40-41H2,1-5H3,(H,69,76)(H,70,77). The molecule has 2 fully saturated rings. The number of ether oxygens (including phenoxy) is 8. The number of hydrogen-bond donors (Lipinski definition) is 4. The zero-order chi connectivity index (χ0) is 61.9. The Kier molecular flexibility index (Phi) is 24.0. The lowest BCUT2D eigenvalue weighted by Gasteiger charge is -2.32. The quantitative estimate of drug-likeness (QED) is 0.0295. The highest BCUT2D eigenvalue weighted by Crippen LogP contribution is 2.40. The van der Waals surface area contributed by atoms with Gasteiger partial charge >= 0.3 is 24.4 Å². The first-order valence-corrected chi connectivity index (χ1v) is 30.8. The third-order valence-electron chi connectivity index (χ3n) is 14.9. The fourth-order valence-corrected chi connectivity index (χ4v) is 10.8. The topological polar surface area (TPSA) is 200 Å². The van der Waals surface area contributed by atoms with Gasteiger partial charge in [-0.15, -0.1) is 0 Å². The van der Waals surface area contributed by atoms with E-state index in [0.717, 1.165) is 21.5 Å². The number of amides is 4. The zero-order valence-electron chi connectivity index (χ0n) is 49.8. The van der Waals surface area contributed by atoms with Gasteiger partial charge in [0.2, 0.25) is 0 Å². The molecule has 19 nitrogen and oxygen atoms in total. The van der Waals surface area contributed by atoms with E-state index >= 15 is 0 Å². The molecule has 87 heavy (non-hydrogen) atoms. The van der Waals surface area contributed by atoms with Crippen molar-refractivity contribution in [3.05, 3.63) is 118 Å². The molecular formula is C64H77Br2F2N7O12. The van der Waals surface area contributed by atoms with Crippen LogP contribution in [0.4, 0.5) is 50.7 Å². The second-order valence-corrected chi connectivity index (χ2v) is 24.1. The number of piperidine rings is 2. The summed E-state index contributed by atoms with van der Waals surface area (Å²) in [4.78, 5) is 56.6. The Morgan fingerprint density at radius 3 is 1.39 bits per heavy atom. The third kappa shape index (κ3) is 19.8. The molecule has 2 heterocycles. The number of rotatable bonds is 26. The highest BCUT2D eigenvalue weighted by molar-refractivity contribution is 9.10. The first kappa shape index (κ1) is 65.5. The van der Waals surface area contributed by atoms with Crippen molar-refractivity contribution in [1.82, 2.24) is 25.3 Å². The van der Waals surface area contributed by atoms with Crippen molar-refractivity contribution in [2.75, 3.05) is 117 Å². The van der Waals surface area contributed by atoms with Gasteiger partial charge in [0.1, 0.15) is 37.1 Å². The molecule has 23 heteroatoms. The molecule has 2 aliphatic heterocycles. The molecule has 468 valence electrons. The molecule has 0 aliphatic carbocycles.